The molecule has 88 valence electrons. The van der Waals surface area contributed by atoms with E-state index in [0.29, 0.717) is 6.04 Å². The van der Waals surface area contributed by atoms with Gasteiger partial charge in [-0.25, -0.2) is 0 Å². The fourth-order valence-electron chi connectivity index (χ4n) is 2.02. The highest BCUT2D eigenvalue weighted by atomic mass is 15.1. The van der Waals surface area contributed by atoms with Crippen molar-refractivity contribution >= 4 is 0 Å². The van der Waals surface area contributed by atoms with Crippen molar-refractivity contribution in [1.29, 1.82) is 0 Å². The van der Waals surface area contributed by atoms with Crippen LogP contribution in [0, 0.1) is 0 Å². The van der Waals surface area contributed by atoms with Gasteiger partial charge in [-0.05, 0) is 37.7 Å². The van der Waals surface area contributed by atoms with Crippen LogP contribution in [0.2, 0.25) is 0 Å². The lowest BCUT2D eigenvalue weighted by Crippen LogP contribution is -2.17. The standard InChI is InChI=1S/C16H19N/c1-13(17(2)3)15-11-7-8-12-16(15)14-9-5-4-6-10-14/h4-13H,1-3H3. The lowest BCUT2D eigenvalue weighted by Gasteiger charge is -2.23. The average molecular weight is 225 g/mol. The highest BCUT2D eigenvalue weighted by Crippen LogP contribution is 2.29. The molecule has 2 aromatic carbocycles. The lowest BCUT2D eigenvalue weighted by atomic mass is 9.95. The van der Waals surface area contributed by atoms with Crippen molar-refractivity contribution in [1.82, 2.24) is 4.90 Å². The molecule has 0 radical (unpaired) electrons. The van der Waals surface area contributed by atoms with E-state index in [-0.39, 0.29) is 0 Å². The van der Waals surface area contributed by atoms with E-state index in [2.05, 4.69) is 80.5 Å². The predicted octanol–water partition coefficient (Wildman–Crippen LogP) is 3.98. The van der Waals surface area contributed by atoms with E-state index in [4.69, 9.17) is 0 Å². The first-order valence-corrected chi connectivity index (χ1v) is 6.01. The van der Waals surface area contributed by atoms with Gasteiger partial charge in [0.1, 0.15) is 0 Å². The summed E-state index contributed by atoms with van der Waals surface area (Å²) in [7, 11) is 4.24. The number of rotatable bonds is 3. The van der Waals surface area contributed by atoms with Crippen molar-refractivity contribution in [2.75, 3.05) is 14.1 Å². The van der Waals surface area contributed by atoms with Crippen molar-refractivity contribution in [3.63, 3.8) is 0 Å². The summed E-state index contributed by atoms with van der Waals surface area (Å²) in [4.78, 5) is 2.24. The molecule has 0 amide bonds. The van der Waals surface area contributed by atoms with Crippen molar-refractivity contribution in [3.8, 4) is 11.1 Å². The Labute approximate surface area is 104 Å². The van der Waals surface area contributed by atoms with Gasteiger partial charge in [0.15, 0.2) is 0 Å². The van der Waals surface area contributed by atoms with E-state index in [1.54, 1.807) is 0 Å². The van der Waals surface area contributed by atoms with E-state index in [0.717, 1.165) is 0 Å². The highest BCUT2D eigenvalue weighted by molar-refractivity contribution is 5.67. The zero-order chi connectivity index (χ0) is 12.3. The molecule has 1 unspecified atom stereocenters. The molecule has 0 bridgehead atoms. The van der Waals surface area contributed by atoms with E-state index < -0.39 is 0 Å². The second-order valence-electron chi connectivity index (χ2n) is 4.59. The van der Waals surface area contributed by atoms with Crippen LogP contribution in [0.3, 0.4) is 0 Å². The molecule has 0 aliphatic rings. The Morgan fingerprint density at radius 2 is 1.41 bits per heavy atom. The molecule has 0 saturated heterocycles. The summed E-state index contributed by atoms with van der Waals surface area (Å²) in [5, 5.41) is 0. The SMILES string of the molecule is CC(c1ccccc1-c1ccccc1)N(C)C. The van der Waals surface area contributed by atoms with Crippen LogP contribution in [0.1, 0.15) is 18.5 Å². The predicted molar refractivity (Wildman–Crippen MR) is 74.0 cm³/mol. The van der Waals surface area contributed by atoms with Crippen LogP contribution in [0.25, 0.3) is 11.1 Å². The maximum absolute atomic E-state index is 2.24. The molecule has 0 spiro atoms. The molecule has 1 atom stereocenters. The largest absolute Gasteiger partial charge is 0.303 e. The Bertz CT molecular complexity index is 474. The number of hydrogen-bond acceptors (Lipinski definition) is 1. The average Bonchev–Trinajstić information content (AvgIpc) is 2.39. The van der Waals surface area contributed by atoms with Crippen LogP contribution in [0.4, 0.5) is 0 Å². The molecular formula is C16H19N. The van der Waals surface area contributed by atoms with Gasteiger partial charge in [-0.2, -0.15) is 0 Å². The minimum atomic E-state index is 0.423. The van der Waals surface area contributed by atoms with Crippen LogP contribution in [-0.2, 0) is 0 Å². The lowest BCUT2D eigenvalue weighted by molar-refractivity contribution is 0.322. The molecule has 2 rings (SSSR count). The van der Waals surface area contributed by atoms with Gasteiger partial charge in [-0.3, -0.25) is 0 Å². The van der Waals surface area contributed by atoms with Gasteiger partial charge in [-0.15, -0.1) is 0 Å². The van der Waals surface area contributed by atoms with Gasteiger partial charge in [0.25, 0.3) is 0 Å². The second kappa shape index (κ2) is 5.15. The fraction of sp³-hybridized carbons (Fsp3) is 0.250. The first-order valence-electron chi connectivity index (χ1n) is 6.01. The minimum Gasteiger partial charge on any atom is -0.303 e. The Kier molecular flexibility index (Phi) is 3.60. The topological polar surface area (TPSA) is 3.24 Å². The van der Waals surface area contributed by atoms with Gasteiger partial charge in [0.05, 0.1) is 0 Å². The third kappa shape index (κ3) is 2.56. The third-order valence-corrected chi connectivity index (χ3v) is 3.27. The summed E-state index contributed by atoms with van der Waals surface area (Å²) in [6.07, 6.45) is 0. The number of hydrogen-bond donors (Lipinski definition) is 0. The van der Waals surface area contributed by atoms with Crippen LogP contribution >= 0.6 is 0 Å². The Balaban J connectivity index is 2.48. The van der Waals surface area contributed by atoms with E-state index >= 15 is 0 Å². The van der Waals surface area contributed by atoms with Gasteiger partial charge < -0.3 is 4.90 Å². The minimum absolute atomic E-state index is 0.423. The molecule has 0 N–H and O–H groups in total. The zero-order valence-corrected chi connectivity index (χ0v) is 10.7. The number of benzene rings is 2. The first kappa shape index (κ1) is 11.9. The van der Waals surface area contributed by atoms with Crippen LogP contribution in [0.15, 0.2) is 54.6 Å². The molecule has 0 heterocycles. The Morgan fingerprint density at radius 3 is 2.06 bits per heavy atom. The van der Waals surface area contributed by atoms with Crippen LogP contribution < -0.4 is 0 Å². The first-order chi connectivity index (χ1) is 8.20. The summed E-state index contributed by atoms with van der Waals surface area (Å²) in [6, 6.07) is 19.6. The van der Waals surface area contributed by atoms with Crippen LogP contribution in [0.5, 0.6) is 0 Å². The Morgan fingerprint density at radius 1 is 0.824 bits per heavy atom. The van der Waals surface area contributed by atoms with Crippen molar-refractivity contribution < 1.29 is 0 Å². The molecule has 1 nitrogen and oxygen atoms in total. The molecule has 17 heavy (non-hydrogen) atoms. The highest BCUT2D eigenvalue weighted by Gasteiger charge is 2.12. The van der Waals surface area contributed by atoms with E-state index in [1.807, 2.05) is 0 Å². The maximum atomic E-state index is 2.24. The molecule has 1 heteroatoms. The van der Waals surface area contributed by atoms with Gasteiger partial charge >= 0.3 is 0 Å². The smallest absolute Gasteiger partial charge is 0.0319 e. The van der Waals surface area contributed by atoms with Crippen molar-refractivity contribution in [2.24, 2.45) is 0 Å². The zero-order valence-electron chi connectivity index (χ0n) is 10.7. The normalized spacial score (nSPS) is 12.7. The quantitative estimate of drug-likeness (QED) is 0.763. The van der Waals surface area contributed by atoms with Crippen LogP contribution in [-0.4, -0.2) is 19.0 Å². The summed E-state index contributed by atoms with van der Waals surface area (Å²) >= 11 is 0. The van der Waals surface area contributed by atoms with Crippen molar-refractivity contribution in [3.05, 3.63) is 60.2 Å². The molecule has 2 aromatic rings. The third-order valence-electron chi connectivity index (χ3n) is 3.27. The number of nitrogens with zero attached hydrogens (tertiary/aromatic N) is 1. The van der Waals surface area contributed by atoms with Gasteiger partial charge in [0, 0.05) is 6.04 Å². The molecule has 0 saturated carbocycles. The molecular weight excluding hydrogens is 206 g/mol. The van der Waals surface area contributed by atoms with Gasteiger partial charge in [0.2, 0.25) is 0 Å². The summed E-state index contributed by atoms with van der Waals surface area (Å²) < 4.78 is 0. The van der Waals surface area contributed by atoms with Crippen molar-refractivity contribution in [2.45, 2.75) is 13.0 Å². The monoisotopic (exact) mass is 225 g/mol. The molecule has 0 aliphatic carbocycles. The molecule has 0 fully saturated rings. The fourth-order valence-corrected chi connectivity index (χ4v) is 2.02. The van der Waals surface area contributed by atoms with E-state index in [1.165, 1.54) is 16.7 Å². The second-order valence-corrected chi connectivity index (χ2v) is 4.59. The van der Waals surface area contributed by atoms with Gasteiger partial charge in [-0.1, -0.05) is 54.6 Å². The van der Waals surface area contributed by atoms with E-state index in [9.17, 15) is 0 Å². The molecule has 0 aliphatic heterocycles. The summed E-state index contributed by atoms with van der Waals surface area (Å²) in [5.41, 5.74) is 4.00. The summed E-state index contributed by atoms with van der Waals surface area (Å²) in [6.45, 7) is 2.24. The maximum Gasteiger partial charge on any atom is 0.0319 e. The molecule has 0 aromatic heterocycles. The Hall–Kier alpha value is -1.60. The summed E-state index contributed by atoms with van der Waals surface area (Å²) in [5.74, 6) is 0.